The van der Waals surface area contributed by atoms with Crippen molar-refractivity contribution in [1.82, 2.24) is 14.8 Å². The van der Waals surface area contributed by atoms with E-state index >= 15 is 0 Å². The normalized spacial score (nSPS) is 11.8. The Balaban J connectivity index is 1.55. The zero-order valence-corrected chi connectivity index (χ0v) is 21.7. The van der Waals surface area contributed by atoms with E-state index in [1.165, 1.54) is 23.9 Å². The average molecular weight is 543 g/mol. The lowest BCUT2D eigenvalue weighted by Crippen LogP contribution is -2.11. The van der Waals surface area contributed by atoms with E-state index in [2.05, 4.69) is 10.2 Å². The predicted octanol–water partition coefficient (Wildman–Crippen LogP) is 6.46. The quantitative estimate of drug-likeness (QED) is 0.122. The Morgan fingerprint density at radius 1 is 1.08 bits per heavy atom. The highest BCUT2D eigenvalue weighted by Crippen LogP contribution is 2.39. The molecule has 4 rings (SSSR count). The van der Waals surface area contributed by atoms with Crippen molar-refractivity contribution in [1.29, 1.82) is 0 Å². The van der Waals surface area contributed by atoms with Gasteiger partial charge in [0.2, 0.25) is 6.54 Å². The van der Waals surface area contributed by atoms with Crippen LogP contribution in [0.4, 0.5) is 4.39 Å². The van der Waals surface area contributed by atoms with Gasteiger partial charge in [-0.05, 0) is 73.5 Å². The number of halogens is 2. The van der Waals surface area contributed by atoms with E-state index in [1.807, 2.05) is 42.7 Å². The Hall–Kier alpha value is -3.63. The van der Waals surface area contributed by atoms with Crippen molar-refractivity contribution in [2.24, 2.45) is 0 Å². The molecule has 4 aromatic rings. The van der Waals surface area contributed by atoms with Crippen molar-refractivity contribution < 1.29 is 18.8 Å². The summed E-state index contributed by atoms with van der Waals surface area (Å²) in [6.45, 7) is 4.16. The monoisotopic (exact) mass is 542 g/mol. The second kappa shape index (κ2) is 12.1. The smallest absolute Gasteiger partial charge is 0.220 e. The fourth-order valence-electron chi connectivity index (χ4n) is 3.62. The SMILES string of the molecule is CCOc1ccc(-n2c(C)nnc2S[C@@H](C[N+](=O)[O-])c2ccc(OCc3ccc(F)cc3)c(Cl)c2)cc1. The fourth-order valence-corrected chi connectivity index (χ4v) is 5.03. The van der Waals surface area contributed by atoms with Gasteiger partial charge >= 0.3 is 0 Å². The molecule has 0 unspecified atom stereocenters. The first-order valence-corrected chi connectivity index (χ1v) is 12.7. The Bertz CT molecular complexity index is 1370. The summed E-state index contributed by atoms with van der Waals surface area (Å²) < 4.78 is 26.3. The molecule has 0 aliphatic carbocycles. The number of rotatable bonds is 11. The number of ether oxygens (including phenoxy) is 2. The number of hydrogen-bond donors (Lipinski definition) is 0. The van der Waals surface area contributed by atoms with Crippen LogP contribution in [0.3, 0.4) is 0 Å². The van der Waals surface area contributed by atoms with Crippen LogP contribution >= 0.6 is 23.4 Å². The Labute approximate surface area is 222 Å². The summed E-state index contributed by atoms with van der Waals surface area (Å²) in [6.07, 6.45) is 0. The molecule has 0 aliphatic rings. The third-order valence-electron chi connectivity index (χ3n) is 5.40. The van der Waals surface area contributed by atoms with Crippen LogP contribution in [-0.4, -0.2) is 32.8 Å². The molecule has 1 atom stereocenters. The van der Waals surface area contributed by atoms with Gasteiger partial charge in [-0.3, -0.25) is 14.7 Å². The zero-order valence-electron chi connectivity index (χ0n) is 20.1. The highest BCUT2D eigenvalue weighted by Gasteiger charge is 2.24. The average Bonchev–Trinajstić information content (AvgIpc) is 3.24. The highest BCUT2D eigenvalue weighted by atomic mass is 35.5. The molecule has 37 heavy (non-hydrogen) atoms. The third kappa shape index (κ3) is 6.78. The van der Waals surface area contributed by atoms with E-state index in [0.717, 1.165) is 17.0 Å². The maximum Gasteiger partial charge on any atom is 0.220 e. The summed E-state index contributed by atoms with van der Waals surface area (Å²) in [4.78, 5) is 11.2. The minimum absolute atomic E-state index is 0.205. The van der Waals surface area contributed by atoms with Crippen molar-refractivity contribution in [3.8, 4) is 17.2 Å². The largest absolute Gasteiger partial charge is 0.494 e. The lowest BCUT2D eigenvalue weighted by Gasteiger charge is -2.16. The van der Waals surface area contributed by atoms with E-state index in [-0.39, 0.29) is 23.9 Å². The van der Waals surface area contributed by atoms with Crippen LogP contribution in [0.2, 0.25) is 5.02 Å². The second-order valence-electron chi connectivity index (χ2n) is 8.02. The number of nitrogens with zero attached hydrogens (tertiary/aromatic N) is 4. The Kier molecular flexibility index (Phi) is 8.62. The molecule has 1 heterocycles. The summed E-state index contributed by atoms with van der Waals surface area (Å²) in [5, 5.41) is 20.2. The lowest BCUT2D eigenvalue weighted by atomic mass is 10.1. The first kappa shape index (κ1) is 26.4. The van der Waals surface area contributed by atoms with E-state index in [0.29, 0.717) is 33.9 Å². The van der Waals surface area contributed by atoms with Crippen LogP contribution < -0.4 is 9.47 Å². The second-order valence-corrected chi connectivity index (χ2v) is 9.60. The maximum absolute atomic E-state index is 13.1. The molecule has 0 bridgehead atoms. The van der Waals surface area contributed by atoms with E-state index in [4.69, 9.17) is 21.1 Å². The summed E-state index contributed by atoms with van der Waals surface area (Å²) >= 11 is 7.70. The number of benzene rings is 3. The van der Waals surface area contributed by atoms with Crippen LogP contribution in [0.1, 0.15) is 29.1 Å². The van der Waals surface area contributed by atoms with E-state index in [9.17, 15) is 14.5 Å². The fraction of sp³-hybridized carbons (Fsp3) is 0.231. The number of aryl methyl sites for hydroxylation is 1. The molecule has 0 saturated heterocycles. The first-order chi connectivity index (χ1) is 17.8. The molecular weight excluding hydrogens is 519 g/mol. The topological polar surface area (TPSA) is 92.3 Å². The number of nitro groups is 1. The van der Waals surface area contributed by atoms with E-state index in [1.54, 1.807) is 30.3 Å². The molecule has 0 saturated carbocycles. The molecule has 1 aromatic heterocycles. The Morgan fingerprint density at radius 3 is 2.46 bits per heavy atom. The van der Waals surface area contributed by atoms with Gasteiger partial charge < -0.3 is 9.47 Å². The predicted molar refractivity (Wildman–Crippen MR) is 140 cm³/mol. The zero-order chi connectivity index (χ0) is 26.4. The molecular formula is C26H24ClFN4O4S. The minimum Gasteiger partial charge on any atom is -0.494 e. The van der Waals surface area contributed by atoms with Crippen LogP contribution in [0.25, 0.3) is 5.69 Å². The number of hydrogen-bond acceptors (Lipinski definition) is 7. The lowest BCUT2D eigenvalue weighted by molar-refractivity contribution is -0.479. The molecule has 3 aromatic carbocycles. The van der Waals surface area contributed by atoms with Crippen molar-refractivity contribution in [3.63, 3.8) is 0 Å². The highest BCUT2D eigenvalue weighted by molar-refractivity contribution is 7.99. The van der Waals surface area contributed by atoms with E-state index < -0.39 is 5.25 Å². The van der Waals surface area contributed by atoms with Gasteiger partial charge in [0.25, 0.3) is 0 Å². The van der Waals surface area contributed by atoms with Crippen LogP contribution in [0, 0.1) is 22.9 Å². The maximum atomic E-state index is 13.1. The standard InChI is InChI=1S/C26H24ClFN4O4S/c1-3-35-22-11-9-21(10-12-22)32-17(2)29-30-26(32)37-25(15-31(33)34)19-6-13-24(23(27)14-19)36-16-18-4-7-20(28)8-5-18/h4-14,25H,3,15-16H2,1-2H3/t25-/m0/s1. The first-order valence-electron chi connectivity index (χ1n) is 11.4. The van der Waals surface area contributed by atoms with Gasteiger partial charge in [-0.1, -0.05) is 41.6 Å². The van der Waals surface area contributed by atoms with Crippen molar-refractivity contribution >= 4 is 23.4 Å². The van der Waals surface area contributed by atoms with Gasteiger partial charge in [-0.2, -0.15) is 0 Å². The molecule has 0 aliphatic heterocycles. The summed E-state index contributed by atoms with van der Waals surface area (Å²) in [5.41, 5.74) is 2.25. The van der Waals surface area contributed by atoms with Gasteiger partial charge in [-0.15, -0.1) is 10.2 Å². The molecule has 0 radical (unpaired) electrons. The van der Waals surface area contributed by atoms with Gasteiger partial charge in [0.05, 0.1) is 11.6 Å². The molecule has 0 fully saturated rings. The van der Waals surface area contributed by atoms with Crippen LogP contribution in [0.5, 0.6) is 11.5 Å². The summed E-state index contributed by atoms with van der Waals surface area (Å²) in [6, 6.07) is 18.5. The van der Waals surface area contributed by atoms with Gasteiger partial charge in [0.1, 0.15) is 35.0 Å². The number of thioether (sulfide) groups is 1. The summed E-state index contributed by atoms with van der Waals surface area (Å²) in [5.74, 6) is 1.49. The minimum atomic E-state index is -0.580. The van der Waals surface area contributed by atoms with Crippen molar-refractivity contribution in [2.45, 2.75) is 30.9 Å². The molecule has 11 heteroatoms. The molecule has 0 N–H and O–H groups in total. The summed E-state index contributed by atoms with van der Waals surface area (Å²) in [7, 11) is 0. The molecule has 0 spiro atoms. The number of aromatic nitrogens is 3. The van der Waals surface area contributed by atoms with Crippen molar-refractivity contribution in [3.05, 3.63) is 105 Å². The van der Waals surface area contributed by atoms with Gasteiger partial charge in [-0.25, -0.2) is 4.39 Å². The Morgan fingerprint density at radius 2 is 1.81 bits per heavy atom. The third-order valence-corrected chi connectivity index (χ3v) is 6.88. The van der Waals surface area contributed by atoms with Gasteiger partial charge in [0.15, 0.2) is 5.16 Å². The molecule has 0 amide bonds. The molecule has 8 nitrogen and oxygen atoms in total. The van der Waals surface area contributed by atoms with Crippen LogP contribution in [0.15, 0.2) is 71.9 Å². The van der Waals surface area contributed by atoms with Crippen LogP contribution in [-0.2, 0) is 6.61 Å². The molecule has 192 valence electrons. The van der Waals surface area contributed by atoms with Crippen molar-refractivity contribution in [2.75, 3.05) is 13.2 Å². The van der Waals surface area contributed by atoms with Gasteiger partial charge in [0, 0.05) is 10.6 Å².